The van der Waals surface area contributed by atoms with E-state index in [9.17, 15) is 31.5 Å². The van der Waals surface area contributed by atoms with Gasteiger partial charge in [-0.25, -0.2) is 23.4 Å². The molecule has 0 bridgehead atoms. The molecule has 42 heavy (non-hydrogen) atoms. The molecule has 2 fully saturated rings. The summed E-state index contributed by atoms with van der Waals surface area (Å²) in [5, 5.41) is 6.90. The predicted octanol–water partition coefficient (Wildman–Crippen LogP) is 5.29. The van der Waals surface area contributed by atoms with E-state index in [1.807, 2.05) is 0 Å². The molecule has 1 saturated heterocycles. The number of nitrogens with zero attached hydrogens (tertiary/aromatic N) is 5. The molecule has 2 aromatic rings. The van der Waals surface area contributed by atoms with E-state index in [4.69, 9.17) is 4.74 Å². The first-order valence-corrected chi connectivity index (χ1v) is 14.2. The Balaban J connectivity index is 1.59. The lowest BCUT2D eigenvalue weighted by atomic mass is 10.0. The normalized spacial score (nSPS) is 19.0. The molecule has 9 nitrogen and oxygen atoms in total. The minimum absolute atomic E-state index is 0.165. The quantitative estimate of drug-likeness (QED) is 0.308. The molecule has 1 N–H and O–H groups in total. The average Bonchev–Trinajstić information content (AvgIpc) is 3.55. The highest BCUT2D eigenvalue weighted by molar-refractivity contribution is 5.91. The predicted molar refractivity (Wildman–Crippen MR) is 142 cm³/mol. The molecule has 1 amide bonds. The van der Waals surface area contributed by atoms with Gasteiger partial charge < -0.3 is 10.1 Å². The van der Waals surface area contributed by atoms with Crippen LogP contribution in [-0.2, 0) is 15.7 Å². The molecule has 1 aliphatic carbocycles. The molecule has 2 aliphatic rings. The fourth-order valence-corrected chi connectivity index (χ4v) is 5.47. The molecule has 1 unspecified atom stereocenters. The smallest absolute Gasteiger partial charge is 0.435 e. The maximum atomic E-state index is 13.9. The molecule has 4 rings (SSSR count). The van der Waals surface area contributed by atoms with E-state index in [1.165, 1.54) is 12.1 Å². The number of carbonyl (C=O) groups is 2. The number of likely N-dealkylation sites (tertiary alicyclic amines) is 1. The van der Waals surface area contributed by atoms with E-state index in [0.717, 1.165) is 23.7 Å². The summed E-state index contributed by atoms with van der Waals surface area (Å²) in [7, 11) is 0. The van der Waals surface area contributed by atoms with Crippen LogP contribution in [0.1, 0.15) is 100 Å². The zero-order valence-electron chi connectivity index (χ0n) is 24.0. The lowest BCUT2D eigenvalue weighted by Gasteiger charge is -2.33. The van der Waals surface area contributed by atoms with Gasteiger partial charge in [-0.05, 0) is 65.1 Å². The van der Waals surface area contributed by atoms with Crippen LogP contribution in [0.2, 0.25) is 0 Å². The Morgan fingerprint density at radius 1 is 1.17 bits per heavy atom. The van der Waals surface area contributed by atoms with Gasteiger partial charge in [0.15, 0.2) is 5.69 Å². The number of ether oxygens (including phenoxy) is 1. The molecule has 0 radical (unpaired) electrons. The molecule has 0 spiro atoms. The fourth-order valence-electron chi connectivity index (χ4n) is 5.47. The van der Waals surface area contributed by atoms with Crippen LogP contribution in [0.15, 0.2) is 18.3 Å². The van der Waals surface area contributed by atoms with Gasteiger partial charge in [-0.15, -0.1) is 5.10 Å². The molecule has 3 heterocycles. The molecule has 1 atom stereocenters. The summed E-state index contributed by atoms with van der Waals surface area (Å²) in [5.74, 6) is -4.51. The van der Waals surface area contributed by atoms with E-state index in [0.29, 0.717) is 25.8 Å². The number of piperidine rings is 1. The molecule has 0 aromatic carbocycles. The molecule has 232 valence electrons. The van der Waals surface area contributed by atoms with Crippen LogP contribution < -0.4 is 5.32 Å². The summed E-state index contributed by atoms with van der Waals surface area (Å²) >= 11 is 0. The number of aromatic nitrogens is 4. The minimum Gasteiger partial charge on any atom is -0.460 e. The Morgan fingerprint density at radius 3 is 2.52 bits per heavy atom. The number of hydrogen-bond acceptors (Lipinski definition) is 7. The summed E-state index contributed by atoms with van der Waals surface area (Å²) in [4.78, 5) is 35.5. The Morgan fingerprint density at radius 2 is 1.88 bits per heavy atom. The van der Waals surface area contributed by atoms with E-state index < -0.39 is 47.9 Å². The largest absolute Gasteiger partial charge is 0.460 e. The van der Waals surface area contributed by atoms with Crippen LogP contribution in [0.4, 0.5) is 22.0 Å². The van der Waals surface area contributed by atoms with Crippen molar-refractivity contribution in [2.45, 2.75) is 102 Å². The number of amides is 1. The van der Waals surface area contributed by atoms with Crippen molar-refractivity contribution in [1.82, 2.24) is 30.0 Å². The summed E-state index contributed by atoms with van der Waals surface area (Å²) in [6, 6.07) is 1.77. The lowest BCUT2D eigenvalue weighted by molar-refractivity contribution is -0.155. The second-order valence-electron chi connectivity index (χ2n) is 12.0. The van der Waals surface area contributed by atoms with Gasteiger partial charge >= 0.3 is 12.1 Å². The Labute approximate surface area is 241 Å². The standard InChI is InChI=1S/C28H37F5N6O3/c1-26(2,3)42-21(40)16-19(11-15-38-14-7-12-27(29,30)17-38)35-25(41)23-36-24(18-8-4-5-9-18)39(37-23)20-10-6-13-34-22(20)28(31,32)33/h6,10,13,18-19H,4-5,7-9,11-12,14-17H2,1-3H3,(H,35,41). The van der Waals surface area contributed by atoms with Crippen LogP contribution >= 0.6 is 0 Å². The second kappa shape index (κ2) is 12.6. The first-order valence-electron chi connectivity index (χ1n) is 14.2. The SMILES string of the molecule is CC(C)(C)OC(=O)CC(CCN1CCCC(F)(F)C1)NC(=O)c1nc(C2CCCC2)n(-c2cccnc2C(F)(F)F)n1. The van der Waals surface area contributed by atoms with Crippen LogP contribution in [0.5, 0.6) is 0 Å². The highest BCUT2D eigenvalue weighted by atomic mass is 19.4. The van der Waals surface area contributed by atoms with Crippen molar-refractivity contribution < 1.29 is 36.3 Å². The Hall–Kier alpha value is -3.16. The number of halogens is 5. The second-order valence-corrected chi connectivity index (χ2v) is 12.0. The number of carbonyl (C=O) groups excluding carboxylic acids is 2. The van der Waals surface area contributed by atoms with Crippen LogP contribution in [-0.4, -0.2) is 73.7 Å². The first-order chi connectivity index (χ1) is 19.6. The summed E-state index contributed by atoms with van der Waals surface area (Å²) < 4.78 is 75.7. The first kappa shape index (κ1) is 31.8. The van der Waals surface area contributed by atoms with Gasteiger partial charge in [-0.1, -0.05) is 12.8 Å². The molecular formula is C28H37F5N6O3. The van der Waals surface area contributed by atoms with Crippen LogP contribution in [0, 0.1) is 0 Å². The fraction of sp³-hybridized carbons (Fsp3) is 0.679. The van der Waals surface area contributed by atoms with E-state index in [-0.39, 0.29) is 49.1 Å². The van der Waals surface area contributed by atoms with Gasteiger partial charge in [0.2, 0.25) is 5.82 Å². The average molecular weight is 601 g/mol. The van der Waals surface area contributed by atoms with Crippen molar-refractivity contribution in [3.8, 4) is 5.69 Å². The van der Waals surface area contributed by atoms with Crippen molar-refractivity contribution in [2.75, 3.05) is 19.6 Å². The van der Waals surface area contributed by atoms with E-state index >= 15 is 0 Å². The summed E-state index contributed by atoms with van der Waals surface area (Å²) in [6.07, 6.45) is -0.554. The van der Waals surface area contributed by atoms with Crippen molar-refractivity contribution in [1.29, 1.82) is 0 Å². The number of pyridine rings is 1. The number of rotatable bonds is 9. The van der Waals surface area contributed by atoms with Gasteiger partial charge in [-0.2, -0.15) is 13.2 Å². The highest BCUT2D eigenvalue weighted by Crippen LogP contribution is 2.37. The number of esters is 1. The third kappa shape index (κ3) is 8.45. The van der Waals surface area contributed by atoms with Crippen molar-refractivity contribution in [3.05, 3.63) is 35.7 Å². The van der Waals surface area contributed by atoms with Crippen molar-refractivity contribution >= 4 is 11.9 Å². The molecule has 2 aromatic heterocycles. The van der Waals surface area contributed by atoms with Crippen LogP contribution in [0.3, 0.4) is 0 Å². The highest BCUT2D eigenvalue weighted by Gasteiger charge is 2.38. The molecule has 1 saturated carbocycles. The summed E-state index contributed by atoms with van der Waals surface area (Å²) in [6.45, 7) is 5.34. The Bertz CT molecular complexity index is 1250. The Kier molecular flexibility index (Phi) is 9.53. The third-order valence-electron chi connectivity index (χ3n) is 7.27. The van der Waals surface area contributed by atoms with Gasteiger partial charge in [0.05, 0.1) is 18.7 Å². The monoisotopic (exact) mass is 600 g/mol. The number of nitrogens with one attached hydrogen (secondary N) is 1. The number of hydrogen-bond donors (Lipinski definition) is 1. The van der Waals surface area contributed by atoms with Gasteiger partial charge in [0.1, 0.15) is 11.4 Å². The lowest BCUT2D eigenvalue weighted by Crippen LogP contribution is -2.45. The van der Waals surface area contributed by atoms with Gasteiger partial charge in [0.25, 0.3) is 11.8 Å². The van der Waals surface area contributed by atoms with E-state index in [2.05, 4.69) is 20.4 Å². The summed E-state index contributed by atoms with van der Waals surface area (Å²) in [5.41, 5.74) is -2.27. The minimum atomic E-state index is -4.76. The zero-order valence-corrected chi connectivity index (χ0v) is 24.0. The topological polar surface area (TPSA) is 102 Å². The number of alkyl halides is 5. The third-order valence-corrected chi connectivity index (χ3v) is 7.27. The van der Waals surface area contributed by atoms with Crippen LogP contribution in [0.25, 0.3) is 5.69 Å². The maximum Gasteiger partial charge on any atom is 0.435 e. The molecule has 14 heteroatoms. The van der Waals surface area contributed by atoms with Crippen molar-refractivity contribution in [3.63, 3.8) is 0 Å². The van der Waals surface area contributed by atoms with Gasteiger partial charge in [0, 0.05) is 31.1 Å². The zero-order chi connectivity index (χ0) is 30.7. The van der Waals surface area contributed by atoms with Gasteiger partial charge in [-0.3, -0.25) is 14.5 Å². The molecule has 1 aliphatic heterocycles. The van der Waals surface area contributed by atoms with E-state index in [1.54, 1.807) is 25.7 Å². The maximum absolute atomic E-state index is 13.9. The molecular weight excluding hydrogens is 563 g/mol. The van der Waals surface area contributed by atoms with Crippen molar-refractivity contribution in [2.24, 2.45) is 0 Å².